The van der Waals surface area contributed by atoms with Crippen molar-refractivity contribution in [1.29, 1.82) is 0 Å². The third kappa shape index (κ3) is 6.05. The van der Waals surface area contributed by atoms with Crippen LogP contribution in [0.25, 0.3) is 0 Å². The van der Waals surface area contributed by atoms with Gasteiger partial charge in [-0.25, -0.2) is 9.59 Å². The summed E-state index contributed by atoms with van der Waals surface area (Å²) in [4.78, 5) is 24.2. The molecule has 0 aromatic carbocycles. The van der Waals surface area contributed by atoms with Crippen molar-refractivity contribution >= 4 is 5.97 Å². The lowest BCUT2D eigenvalue weighted by atomic mass is 9.88. The summed E-state index contributed by atoms with van der Waals surface area (Å²) in [5.41, 5.74) is -1.37. The van der Waals surface area contributed by atoms with Crippen LogP contribution in [-0.2, 0) is 17.4 Å². The second-order valence-corrected chi connectivity index (χ2v) is 7.18. The number of carboxylic acid groups (broad SMARTS) is 1. The van der Waals surface area contributed by atoms with Crippen LogP contribution in [0.4, 0.5) is 0 Å². The fourth-order valence-electron chi connectivity index (χ4n) is 3.52. The highest BCUT2D eigenvalue weighted by atomic mass is 16.4. The number of carbonyl (C=O) groups is 1. The molecular formula is C20H36N2O3. The fourth-order valence-corrected chi connectivity index (χ4v) is 3.52. The summed E-state index contributed by atoms with van der Waals surface area (Å²) >= 11 is 0. The molecule has 0 aliphatic rings. The van der Waals surface area contributed by atoms with E-state index >= 15 is 0 Å². The van der Waals surface area contributed by atoms with Crippen molar-refractivity contribution in [2.45, 2.75) is 96.4 Å². The molecule has 0 aliphatic carbocycles. The summed E-state index contributed by atoms with van der Waals surface area (Å²) in [6, 6.07) is 0. The number of carboxylic acids is 1. The number of hydrogen-bond acceptors (Lipinski definition) is 2. The van der Waals surface area contributed by atoms with Crippen LogP contribution in [0.2, 0.25) is 0 Å². The predicted octanol–water partition coefficient (Wildman–Crippen LogP) is 4.69. The van der Waals surface area contributed by atoms with Crippen molar-refractivity contribution in [2.75, 3.05) is 0 Å². The van der Waals surface area contributed by atoms with Crippen LogP contribution in [0.1, 0.15) is 90.9 Å². The second kappa shape index (κ2) is 11.2. The molecule has 1 aromatic rings. The van der Waals surface area contributed by atoms with Gasteiger partial charge in [0.15, 0.2) is 0 Å². The number of hydrogen-bond donors (Lipinski definition) is 1. The van der Waals surface area contributed by atoms with E-state index in [0.29, 0.717) is 12.8 Å². The van der Waals surface area contributed by atoms with Crippen molar-refractivity contribution in [1.82, 2.24) is 9.13 Å². The summed E-state index contributed by atoms with van der Waals surface area (Å²) in [5.74, 6) is -0.903. The van der Waals surface area contributed by atoms with Crippen LogP contribution in [-0.4, -0.2) is 20.2 Å². The first-order valence-electron chi connectivity index (χ1n) is 9.97. The molecule has 5 nitrogen and oxygen atoms in total. The molecule has 1 unspecified atom stereocenters. The topological polar surface area (TPSA) is 64.2 Å². The second-order valence-electron chi connectivity index (χ2n) is 7.18. The fraction of sp³-hybridized carbons (Fsp3) is 0.800. The molecular weight excluding hydrogens is 316 g/mol. The molecule has 1 heterocycles. The van der Waals surface area contributed by atoms with E-state index in [1.54, 1.807) is 19.4 Å². The number of imidazole rings is 1. The van der Waals surface area contributed by atoms with Gasteiger partial charge in [0.05, 0.1) is 0 Å². The maximum atomic E-state index is 12.2. The first-order valence-corrected chi connectivity index (χ1v) is 9.97. The van der Waals surface area contributed by atoms with Crippen LogP contribution >= 0.6 is 0 Å². The lowest BCUT2D eigenvalue weighted by molar-refractivity contribution is -0.148. The molecule has 5 heteroatoms. The molecule has 0 amide bonds. The summed E-state index contributed by atoms with van der Waals surface area (Å²) in [7, 11) is 1.65. The largest absolute Gasteiger partial charge is 0.479 e. The number of nitrogens with zero attached hydrogens (tertiary/aromatic N) is 2. The highest BCUT2D eigenvalue weighted by molar-refractivity contribution is 5.76. The number of rotatable bonds is 14. The lowest BCUT2D eigenvalue weighted by Crippen LogP contribution is -2.46. The standard InChI is InChI=1S/C20H36N2O3/c1-4-6-7-8-9-10-11-12-13-14-15-20(5-2,18(23)24)22-17-16-21(3)19(22)25/h16-17H,4-15H2,1-3H3,(H,23,24). The van der Waals surface area contributed by atoms with E-state index in [4.69, 9.17) is 0 Å². The van der Waals surface area contributed by atoms with Crippen molar-refractivity contribution in [3.8, 4) is 0 Å². The zero-order valence-electron chi connectivity index (χ0n) is 16.3. The molecule has 25 heavy (non-hydrogen) atoms. The van der Waals surface area contributed by atoms with Crippen molar-refractivity contribution < 1.29 is 9.90 Å². The normalized spacial score (nSPS) is 13.7. The van der Waals surface area contributed by atoms with Crippen LogP contribution in [0.15, 0.2) is 17.2 Å². The van der Waals surface area contributed by atoms with Crippen LogP contribution in [0, 0.1) is 0 Å². The van der Waals surface area contributed by atoms with Gasteiger partial charge in [0, 0.05) is 19.4 Å². The average molecular weight is 353 g/mol. The number of unbranched alkanes of at least 4 members (excludes halogenated alkanes) is 9. The van der Waals surface area contributed by atoms with E-state index in [9.17, 15) is 14.7 Å². The molecule has 0 radical (unpaired) electrons. The zero-order valence-corrected chi connectivity index (χ0v) is 16.3. The predicted molar refractivity (Wildman–Crippen MR) is 102 cm³/mol. The molecule has 0 saturated heterocycles. The van der Waals surface area contributed by atoms with E-state index in [1.807, 2.05) is 6.92 Å². The van der Waals surface area contributed by atoms with Gasteiger partial charge < -0.3 is 9.67 Å². The lowest BCUT2D eigenvalue weighted by Gasteiger charge is -2.29. The van der Waals surface area contributed by atoms with Gasteiger partial charge in [-0.05, 0) is 12.8 Å². The maximum absolute atomic E-state index is 12.2. The van der Waals surface area contributed by atoms with E-state index in [2.05, 4.69) is 6.92 Å². The van der Waals surface area contributed by atoms with E-state index in [-0.39, 0.29) is 5.69 Å². The Balaban J connectivity index is 2.42. The van der Waals surface area contributed by atoms with Crippen molar-refractivity contribution in [2.24, 2.45) is 7.05 Å². The Morgan fingerprint density at radius 1 is 0.960 bits per heavy atom. The number of aryl methyl sites for hydroxylation is 1. The number of aromatic nitrogens is 2. The molecule has 0 aliphatic heterocycles. The summed E-state index contributed by atoms with van der Waals surface area (Å²) in [6.45, 7) is 4.08. The van der Waals surface area contributed by atoms with Gasteiger partial charge >= 0.3 is 11.7 Å². The smallest absolute Gasteiger partial charge is 0.330 e. The van der Waals surface area contributed by atoms with Gasteiger partial charge in [0.1, 0.15) is 5.54 Å². The number of aliphatic carboxylic acids is 1. The Hall–Kier alpha value is -1.52. The minimum atomic E-state index is -1.11. The molecule has 144 valence electrons. The van der Waals surface area contributed by atoms with Gasteiger partial charge in [-0.3, -0.25) is 4.57 Å². The van der Waals surface area contributed by atoms with E-state index < -0.39 is 11.5 Å². The van der Waals surface area contributed by atoms with Crippen molar-refractivity contribution in [3.05, 3.63) is 22.9 Å². The third-order valence-corrected chi connectivity index (χ3v) is 5.34. The Morgan fingerprint density at radius 2 is 1.48 bits per heavy atom. The molecule has 0 bridgehead atoms. The highest BCUT2D eigenvalue weighted by Gasteiger charge is 2.39. The van der Waals surface area contributed by atoms with E-state index in [1.165, 1.54) is 54.1 Å². The van der Waals surface area contributed by atoms with Crippen molar-refractivity contribution in [3.63, 3.8) is 0 Å². The molecule has 0 fully saturated rings. The summed E-state index contributed by atoms with van der Waals surface area (Å²) < 4.78 is 2.84. The minimum absolute atomic E-state index is 0.253. The summed E-state index contributed by atoms with van der Waals surface area (Å²) in [5, 5.41) is 9.79. The minimum Gasteiger partial charge on any atom is -0.479 e. The van der Waals surface area contributed by atoms with Gasteiger partial charge in [-0.15, -0.1) is 0 Å². The SMILES string of the molecule is CCCCCCCCCCCCC(CC)(C(=O)O)n1ccn(C)c1=O. The highest BCUT2D eigenvalue weighted by Crippen LogP contribution is 2.27. The third-order valence-electron chi connectivity index (χ3n) is 5.34. The Bertz CT molecular complexity index is 562. The molecule has 1 N–H and O–H groups in total. The first kappa shape index (κ1) is 21.5. The van der Waals surface area contributed by atoms with Gasteiger partial charge in [-0.2, -0.15) is 0 Å². The van der Waals surface area contributed by atoms with E-state index in [0.717, 1.165) is 19.3 Å². The Labute approximate surface area is 152 Å². The van der Waals surface area contributed by atoms with Gasteiger partial charge in [0.25, 0.3) is 0 Å². The quantitative estimate of drug-likeness (QED) is 0.494. The molecule has 1 aromatic heterocycles. The van der Waals surface area contributed by atoms with Crippen LogP contribution in [0.3, 0.4) is 0 Å². The van der Waals surface area contributed by atoms with Crippen LogP contribution < -0.4 is 5.69 Å². The van der Waals surface area contributed by atoms with Crippen LogP contribution in [0.5, 0.6) is 0 Å². The average Bonchev–Trinajstić information content (AvgIpc) is 2.93. The monoisotopic (exact) mass is 352 g/mol. The summed E-state index contributed by atoms with van der Waals surface area (Å²) in [6.07, 6.45) is 16.3. The maximum Gasteiger partial charge on any atom is 0.330 e. The molecule has 1 atom stereocenters. The Kier molecular flexibility index (Phi) is 9.61. The molecule has 0 spiro atoms. The molecule has 1 rings (SSSR count). The van der Waals surface area contributed by atoms with Gasteiger partial charge in [-0.1, -0.05) is 78.1 Å². The zero-order chi connectivity index (χ0) is 18.7. The van der Waals surface area contributed by atoms with Gasteiger partial charge in [0.2, 0.25) is 0 Å². The first-order chi connectivity index (χ1) is 12.0. The Morgan fingerprint density at radius 3 is 1.88 bits per heavy atom. The molecule has 0 saturated carbocycles.